The van der Waals surface area contributed by atoms with Crippen LogP contribution in [0.3, 0.4) is 0 Å². The number of hydrogen-bond donors (Lipinski definition) is 1. The molecule has 0 spiro atoms. The average Bonchev–Trinajstić information content (AvgIpc) is 2.75. The third-order valence-corrected chi connectivity index (χ3v) is 7.42. The molecule has 23 heavy (non-hydrogen) atoms. The molecule has 3 aliphatic rings. The van der Waals surface area contributed by atoms with Gasteiger partial charge in [-0.15, -0.1) is 0 Å². The van der Waals surface area contributed by atoms with Gasteiger partial charge < -0.3 is 5.11 Å². The Bertz CT molecular complexity index is 649. The quantitative estimate of drug-likeness (QED) is 0.816. The van der Waals surface area contributed by atoms with Crippen LogP contribution in [0.5, 0.6) is 5.75 Å². The Balaban J connectivity index is 1.81. The number of rotatable bonds is 1. The Morgan fingerprint density at radius 3 is 2.83 bits per heavy atom. The number of phenolic OH excluding ortho intramolecular Hbond substituents is 1. The molecule has 0 saturated heterocycles. The van der Waals surface area contributed by atoms with Gasteiger partial charge in [0.05, 0.1) is 0 Å². The van der Waals surface area contributed by atoms with Crippen molar-refractivity contribution in [3.8, 4) is 5.75 Å². The maximum atomic E-state index is 12.7. The van der Waals surface area contributed by atoms with Crippen LogP contribution < -0.4 is 0 Å². The van der Waals surface area contributed by atoms with Crippen molar-refractivity contribution in [2.45, 2.75) is 58.8 Å². The van der Waals surface area contributed by atoms with Crippen LogP contribution in [-0.2, 0) is 11.2 Å². The van der Waals surface area contributed by atoms with E-state index >= 15 is 0 Å². The molecule has 0 aromatic heterocycles. The fourth-order valence-electron chi connectivity index (χ4n) is 6.42. The summed E-state index contributed by atoms with van der Waals surface area (Å²) < 4.78 is 0. The predicted molar refractivity (Wildman–Crippen MR) is 91.4 cm³/mol. The van der Waals surface area contributed by atoms with Crippen molar-refractivity contribution < 1.29 is 9.90 Å². The topological polar surface area (TPSA) is 37.3 Å². The van der Waals surface area contributed by atoms with Crippen LogP contribution in [0.25, 0.3) is 0 Å². The van der Waals surface area contributed by atoms with Crippen LogP contribution in [0.1, 0.15) is 63.5 Å². The van der Waals surface area contributed by atoms with Gasteiger partial charge in [-0.3, -0.25) is 4.79 Å². The lowest BCUT2D eigenvalue weighted by Crippen LogP contribution is -2.47. The summed E-state index contributed by atoms with van der Waals surface area (Å²) in [6.45, 7) is 6.84. The highest BCUT2D eigenvalue weighted by Crippen LogP contribution is 2.63. The van der Waals surface area contributed by atoms with Crippen LogP contribution >= 0.6 is 0 Å². The largest absolute Gasteiger partial charge is 0.508 e. The standard InChI is InChI=1S/C21H28O2/c1-4-13-10-14-11-15(22)5-6-16(14)17-7-8-21(3)18(23)9-12(2)20(21)19(13)17/h5-6,11-13,17,19-20,22H,4,7-10H2,1-3H3/t12-,13-,17-,19-,20+,21-/m1/s1. The number of carbonyl (C=O) groups is 1. The molecule has 124 valence electrons. The molecule has 0 bridgehead atoms. The van der Waals surface area contributed by atoms with E-state index in [9.17, 15) is 9.90 Å². The van der Waals surface area contributed by atoms with Gasteiger partial charge in [-0.05, 0) is 72.1 Å². The number of Topliss-reactive ketones (excluding diaryl/α,β-unsaturated/α-hetero) is 1. The summed E-state index contributed by atoms with van der Waals surface area (Å²) in [5.74, 6) is 3.83. The molecule has 4 rings (SSSR count). The number of ketones is 1. The van der Waals surface area contributed by atoms with Crippen molar-refractivity contribution in [3.63, 3.8) is 0 Å². The van der Waals surface area contributed by atoms with E-state index in [0.29, 0.717) is 41.1 Å². The number of hydrogen-bond acceptors (Lipinski definition) is 2. The normalized spacial score (nSPS) is 42.0. The third-order valence-electron chi connectivity index (χ3n) is 7.42. The highest BCUT2D eigenvalue weighted by Gasteiger charge is 2.59. The molecule has 2 saturated carbocycles. The lowest BCUT2D eigenvalue weighted by atomic mass is 9.51. The molecule has 1 N–H and O–H groups in total. The van der Waals surface area contributed by atoms with Gasteiger partial charge in [-0.25, -0.2) is 0 Å². The maximum Gasteiger partial charge on any atom is 0.139 e. The zero-order valence-corrected chi connectivity index (χ0v) is 14.5. The Kier molecular flexibility index (Phi) is 3.37. The predicted octanol–water partition coefficient (Wildman–Crippen LogP) is 4.70. The molecule has 0 heterocycles. The van der Waals surface area contributed by atoms with Crippen molar-refractivity contribution in [1.29, 1.82) is 0 Å². The summed E-state index contributed by atoms with van der Waals surface area (Å²) >= 11 is 0. The Morgan fingerprint density at radius 1 is 1.30 bits per heavy atom. The molecule has 3 aliphatic carbocycles. The van der Waals surface area contributed by atoms with Crippen LogP contribution in [0.15, 0.2) is 18.2 Å². The summed E-state index contributed by atoms with van der Waals surface area (Å²) in [4.78, 5) is 12.7. The minimum atomic E-state index is -0.0809. The van der Waals surface area contributed by atoms with Gasteiger partial charge >= 0.3 is 0 Å². The Morgan fingerprint density at radius 2 is 2.09 bits per heavy atom. The molecule has 2 heteroatoms. The highest BCUT2D eigenvalue weighted by molar-refractivity contribution is 5.87. The molecule has 0 amide bonds. The van der Waals surface area contributed by atoms with E-state index in [1.54, 1.807) is 0 Å². The van der Waals surface area contributed by atoms with Gasteiger partial charge in [-0.1, -0.05) is 33.3 Å². The van der Waals surface area contributed by atoms with Gasteiger partial charge in [0.2, 0.25) is 0 Å². The van der Waals surface area contributed by atoms with Crippen molar-refractivity contribution in [3.05, 3.63) is 29.3 Å². The first kappa shape index (κ1) is 15.2. The summed E-state index contributed by atoms with van der Waals surface area (Å²) in [7, 11) is 0. The van der Waals surface area contributed by atoms with Gasteiger partial charge in [0, 0.05) is 11.8 Å². The number of aromatic hydroxyl groups is 1. The van der Waals surface area contributed by atoms with Gasteiger partial charge in [0.15, 0.2) is 0 Å². The zero-order valence-electron chi connectivity index (χ0n) is 14.5. The number of phenols is 1. The summed E-state index contributed by atoms with van der Waals surface area (Å²) in [6, 6.07) is 5.97. The molecule has 1 aromatic carbocycles. The second kappa shape index (κ2) is 5.09. The fourth-order valence-corrected chi connectivity index (χ4v) is 6.42. The summed E-state index contributed by atoms with van der Waals surface area (Å²) in [5, 5.41) is 9.87. The zero-order chi connectivity index (χ0) is 16.4. The van der Waals surface area contributed by atoms with Crippen molar-refractivity contribution in [2.75, 3.05) is 0 Å². The monoisotopic (exact) mass is 312 g/mol. The first-order valence-corrected chi connectivity index (χ1v) is 9.30. The minimum Gasteiger partial charge on any atom is -0.508 e. The van der Waals surface area contributed by atoms with E-state index in [1.165, 1.54) is 17.5 Å². The minimum absolute atomic E-state index is 0.0809. The molecular formula is C21H28O2. The Labute approximate surface area is 139 Å². The summed E-state index contributed by atoms with van der Waals surface area (Å²) in [6.07, 6.45) is 5.19. The van der Waals surface area contributed by atoms with Crippen molar-refractivity contribution in [1.82, 2.24) is 0 Å². The average molecular weight is 312 g/mol. The second-order valence-corrected chi connectivity index (χ2v) is 8.53. The molecular weight excluding hydrogens is 284 g/mol. The van der Waals surface area contributed by atoms with Gasteiger partial charge in [0.1, 0.15) is 11.5 Å². The van der Waals surface area contributed by atoms with Crippen molar-refractivity contribution >= 4 is 5.78 Å². The number of fused-ring (bicyclic) bond motifs is 5. The molecule has 0 aliphatic heterocycles. The van der Waals surface area contributed by atoms with E-state index in [0.717, 1.165) is 25.7 Å². The van der Waals surface area contributed by atoms with Crippen LogP contribution in [-0.4, -0.2) is 10.9 Å². The lowest BCUT2D eigenvalue weighted by molar-refractivity contribution is -0.130. The van der Waals surface area contributed by atoms with E-state index in [1.807, 2.05) is 12.1 Å². The van der Waals surface area contributed by atoms with Crippen LogP contribution in [0.2, 0.25) is 0 Å². The first-order chi connectivity index (χ1) is 11.0. The maximum absolute atomic E-state index is 12.7. The first-order valence-electron chi connectivity index (χ1n) is 9.30. The second-order valence-electron chi connectivity index (χ2n) is 8.53. The molecule has 6 atom stereocenters. The van der Waals surface area contributed by atoms with Gasteiger partial charge in [-0.2, -0.15) is 0 Å². The third kappa shape index (κ3) is 2.03. The van der Waals surface area contributed by atoms with Gasteiger partial charge in [0.25, 0.3) is 0 Å². The highest BCUT2D eigenvalue weighted by atomic mass is 16.3. The number of benzene rings is 1. The lowest BCUT2D eigenvalue weighted by Gasteiger charge is -2.52. The van der Waals surface area contributed by atoms with Crippen LogP contribution in [0, 0.1) is 29.1 Å². The molecule has 1 aromatic rings. The Hall–Kier alpha value is -1.31. The summed E-state index contributed by atoms with van der Waals surface area (Å²) in [5.41, 5.74) is 2.72. The van der Waals surface area contributed by atoms with E-state index in [2.05, 4.69) is 26.8 Å². The van der Waals surface area contributed by atoms with E-state index in [4.69, 9.17) is 0 Å². The molecule has 2 fully saturated rings. The molecule has 2 nitrogen and oxygen atoms in total. The molecule has 0 unspecified atom stereocenters. The van der Waals surface area contributed by atoms with E-state index in [-0.39, 0.29) is 5.41 Å². The number of carbonyl (C=O) groups excluding carboxylic acids is 1. The van der Waals surface area contributed by atoms with E-state index < -0.39 is 0 Å². The fraction of sp³-hybridized carbons (Fsp3) is 0.667. The van der Waals surface area contributed by atoms with Crippen LogP contribution in [0.4, 0.5) is 0 Å². The molecule has 0 radical (unpaired) electrons. The smallest absolute Gasteiger partial charge is 0.139 e. The van der Waals surface area contributed by atoms with Crippen molar-refractivity contribution in [2.24, 2.45) is 29.1 Å². The SMILES string of the molecule is CC[C@@H]1Cc2cc(O)ccc2[C@H]2CC[C@]3(C)C(=O)C[C@@H](C)[C@H]3[C@H]12.